The van der Waals surface area contributed by atoms with Crippen molar-refractivity contribution >= 4 is 5.97 Å². The van der Waals surface area contributed by atoms with Crippen molar-refractivity contribution in [3.63, 3.8) is 0 Å². The molecule has 1 fully saturated rings. The third kappa shape index (κ3) is 1.33. The number of carbonyl (C=O) groups excluding carboxylic acids is 1. The maximum atomic E-state index is 10.5. The molecule has 0 amide bonds. The van der Waals surface area contributed by atoms with Crippen LogP contribution in [0.1, 0.15) is 0 Å². The molecule has 0 aromatic rings. The van der Waals surface area contributed by atoms with E-state index < -0.39 is 30.6 Å². The van der Waals surface area contributed by atoms with Gasteiger partial charge in [-0.25, -0.2) is 4.79 Å². The number of carbonyl (C=O) groups is 1. The quantitative estimate of drug-likeness (QED) is 0.283. The van der Waals surface area contributed by atoms with Crippen molar-refractivity contribution in [2.45, 2.75) is 24.6 Å². The lowest BCUT2D eigenvalue weighted by atomic mass is 10.1. The first-order chi connectivity index (χ1) is 5.04. The molecule has 0 radical (unpaired) electrons. The van der Waals surface area contributed by atoms with Crippen molar-refractivity contribution in [3.05, 3.63) is 0 Å². The lowest BCUT2D eigenvalue weighted by Gasteiger charge is -2.30. The van der Waals surface area contributed by atoms with E-state index in [1.807, 2.05) is 0 Å². The van der Waals surface area contributed by atoms with Gasteiger partial charge in [-0.3, -0.25) is 0 Å². The Hall–Kier alpha value is -0.690. The molecule has 0 spiro atoms. The Balaban J connectivity index is 2.70. The summed E-state index contributed by atoms with van der Waals surface area (Å²) < 4.78 is 4.04. The van der Waals surface area contributed by atoms with E-state index in [0.29, 0.717) is 0 Å². The molecule has 0 bridgehead atoms. The van der Waals surface area contributed by atoms with Crippen LogP contribution in [0.2, 0.25) is 0 Å². The first kappa shape index (κ1) is 8.41. The Morgan fingerprint density at radius 1 is 1.09 bits per heavy atom. The van der Waals surface area contributed by atoms with Crippen LogP contribution in [-0.2, 0) is 9.53 Å². The molecule has 0 aliphatic carbocycles. The van der Waals surface area contributed by atoms with Gasteiger partial charge in [0.15, 0.2) is 6.10 Å². The smallest absolute Gasteiger partial charge is 0.340 e. The van der Waals surface area contributed by atoms with Crippen LogP contribution in [0.5, 0.6) is 0 Å². The molecule has 1 rings (SSSR count). The summed E-state index contributed by atoms with van der Waals surface area (Å²) in [6, 6.07) is 0. The van der Waals surface area contributed by atoms with Gasteiger partial charge >= 0.3 is 5.97 Å². The molecule has 6 heteroatoms. The zero-order valence-electron chi connectivity index (χ0n) is 5.41. The summed E-state index contributed by atoms with van der Waals surface area (Å²) in [6.07, 6.45) is -6.89. The average Bonchev–Trinajstić information content (AvgIpc) is 1.97. The molecule has 6 nitrogen and oxygen atoms in total. The largest absolute Gasteiger partial charge is 0.431 e. The number of hydrogen-bond acceptors (Lipinski definition) is 6. The van der Waals surface area contributed by atoms with E-state index in [0.717, 1.165) is 0 Å². The summed E-state index contributed by atoms with van der Waals surface area (Å²) >= 11 is 0. The highest BCUT2D eigenvalue weighted by Crippen LogP contribution is 2.14. The van der Waals surface area contributed by atoms with Crippen LogP contribution in [0.3, 0.4) is 0 Å². The molecular weight excluding hydrogens is 156 g/mol. The molecule has 0 aromatic carbocycles. The third-order valence-corrected chi connectivity index (χ3v) is 1.44. The van der Waals surface area contributed by atoms with Crippen molar-refractivity contribution in [1.82, 2.24) is 0 Å². The fraction of sp³-hybridized carbons (Fsp3) is 0.800. The fourth-order valence-electron chi connectivity index (χ4n) is 0.753. The number of rotatable bonds is 0. The van der Waals surface area contributed by atoms with E-state index in [1.165, 1.54) is 0 Å². The second-order valence-electron chi connectivity index (χ2n) is 2.25. The van der Waals surface area contributed by atoms with Gasteiger partial charge in [0, 0.05) is 0 Å². The highest BCUT2D eigenvalue weighted by Gasteiger charge is 2.42. The minimum Gasteiger partial charge on any atom is -0.431 e. The number of esters is 1. The molecule has 1 heterocycles. The van der Waals surface area contributed by atoms with Crippen molar-refractivity contribution < 1.29 is 30.0 Å². The molecule has 4 atom stereocenters. The van der Waals surface area contributed by atoms with Gasteiger partial charge in [0.25, 0.3) is 0 Å². The van der Waals surface area contributed by atoms with Crippen LogP contribution in [0.4, 0.5) is 0 Å². The third-order valence-electron chi connectivity index (χ3n) is 1.44. The molecule has 1 aliphatic rings. The number of cyclic esters (lactones) is 1. The molecule has 0 saturated carbocycles. The fourth-order valence-corrected chi connectivity index (χ4v) is 0.753. The van der Waals surface area contributed by atoms with Crippen LogP contribution < -0.4 is 0 Å². The van der Waals surface area contributed by atoms with Gasteiger partial charge in [-0.15, -0.1) is 0 Å². The number of ether oxygens (including phenoxy) is 1. The van der Waals surface area contributed by atoms with E-state index in [-0.39, 0.29) is 0 Å². The lowest BCUT2D eigenvalue weighted by Crippen LogP contribution is -2.55. The van der Waals surface area contributed by atoms with Crippen LogP contribution in [0.15, 0.2) is 0 Å². The van der Waals surface area contributed by atoms with Crippen molar-refractivity contribution in [3.8, 4) is 0 Å². The zero-order valence-corrected chi connectivity index (χ0v) is 5.41. The van der Waals surface area contributed by atoms with E-state index in [4.69, 9.17) is 20.4 Å². The standard InChI is InChI=1S/C5H8O6/c6-1-2(7)4(9)11-5(10)3(1)8/h1-4,6-9H/t1-,2-,3+,4-/m0/s1. The van der Waals surface area contributed by atoms with Crippen LogP contribution >= 0.6 is 0 Å². The Morgan fingerprint density at radius 3 is 2.18 bits per heavy atom. The minimum atomic E-state index is -1.78. The molecule has 1 aliphatic heterocycles. The van der Waals surface area contributed by atoms with Crippen molar-refractivity contribution in [1.29, 1.82) is 0 Å². The maximum absolute atomic E-state index is 10.5. The second kappa shape index (κ2) is 2.74. The molecule has 0 aromatic heterocycles. The number of aliphatic hydroxyl groups excluding tert-OH is 4. The van der Waals surface area contributed by atoms with Gasteiger partial charge < -0.3 is 25.2 Å². The molecule has 1 saturated heterocycles. The summed E-state index contributed by atoms with van der Waals surface area (Å²) in [5.74, 6) is -1.14. The van der Waals surface area contributed by atoms with E-state index in [9.17, 15) is 4.79 Å². The predicted octanol–water partition coefficient (Wildman–Crippen LogP) is -3.06. The first-order valence-electron chi connectivity index (χ1n) is 2.97. The van der Waals surface area contributed by atoms with Gasteiger partial charge in [-0.1, -0.05) is 0 Å². The van der Waals surface area contributed by atoms with E-state index >= 15 is 0 Å². The van der Waals surface area contributed by atoms with Crippen LogP contribution in [-0.4, -0.2) is 51.0 Å². The van der Waals surface area contributed by atoms with Crippen molar-refractivity contribution in [2.75, 3.05) is 0 Å². The first-order valence-corrected chi connectivity index (χ1v) is 2.97. The highest BCUT2D eigenvalue weighted by molar-refractivity contribution is 5.76. The molecule has 0 unspecified atom stereocenters. The summed E-state index contributed by atoms with van der Waals surface area (Å²) in [7, 11) is 0. The summed E-state index contributed by atoms with van der Waals surface area (Å²) in [4.78, 5) is 10.5. The monoisotopic (exact) mass is 164 g/mol. The summed E-state index contributed by atoms with van der Waals surface area (Å²) in [6.45, 7) is 0. The van der Waals surface area contributed by atoms with Gasteiger partial charge in [0.05, 0.1) is 0 Å². The molecular formula is C5H8O6. The van der Waals surface area contributed by atoms with E-state index in [1.54, 1.807) is 0 Å². The lowest BCUT2D eigenvalue weighted by molar-refractivity contribution is -0.241. The Bertz CT molecular complexity index is 168. The number of aliphatic hydroxyl groups is 4. The summed E-state index contributed by atoms with van der Waals surface area (Å²) in [5.41, 5.74) is 0. The molecule has 11 heavy (non-hydrogen) atoms. The SMILES string of the molecule is O=C1O[C@H](O)[C@@H](O)[C@H](O)[C@H]1O. The minimum absolute atomic E-state index is 1.14. The Kier molecular flexibility index (Phi) is 2.10. The van der Waals surface area contributed by atoms with Crippen LogP contribution in [0, 0.1) is 0 Å². The van der Waals surface area contributed by atoms with E-state index in [2.05, 4.69) is 4.74 Å². The Labute approximate surface area is 61.6 Å². The van der Waals surface area contributed by atoms with Crippen molar-refractivity contribution in [2.24, 2.45) is 0 Å². The maximum Gasteiger partial charge on any atom is 0.340 e. The van der Waals surface area contributed by atoms with Gasteiger partial charge in [-0.2, -0.15) is 0 Å². The van der Waals surface area contributed by atoms with Crippen LogP contribution in [0.25, 0.3) is 0 Å². The normalized spacial score (nSPS) is 45.3. The predicted molar refractivity (Wildman–Crippen MR) is 30.1 cm³/mol. The second-order valence-corrected chi connectivity index (χ2v) is 2.25. The zero-order chi connectivity index (χ0) is 8.59. The van der Waals surface area contributed by atoms with Gasteiger partial charge in [0.2, 0.25) is 6.29 Å². The summed E-state index contributed by atoms with van der Waals surface area (Å²) in [5, 5.41) is 35.0. The molecule has 4 N–H and O–H groups in total. The van der Waals surface area contributed by atoms with Gasteiger partial charge in [0.1, 0.15) is 12.2 Å². The van der Waals surface area contributed by atoms with Gasteiger partial charge in [-0.05, 0) is 0 Å². The highest BCUT2D eigenvalue weighted by atomic mass is 16.7. The molecule has 64 valence electrons. The number of hydrogen-bond donors (Lipinski definition) is 4. The Morgan fingerprint density at radius 2 is 1.64 bits per heavy atom. The topological polar surface area (TPSA) is 107 Å². The average molecular weight is 164 g/mol.